The molecule has 1 N–H and O–H groups in total. The Balaban J connectivity index is 1.49. The minimum atomic E-state index is -3.75. The van der Waals surface area contributed by atoms with Crippen LogP contribution < -0.4 is 5.32 Å². The van der Waals surface area contributed by atoms with Crippen LogP contribution in [-0.2, 0) is 23.0 Å². The van der Waals surface area contributed by atoms with E-state index in [2.05, 4.69) is 5.32 Å². The minimum absolute atomic E-state index is 0.0915. The number of fused-ring (bicyclic) bond motifs is 1. The lowest BCUT2D eigenvalue weighted by atomic mass is 10.0. The number of hydrogen-bond donors (Lipinski definition) is 1. The predicted molar refractivity (Wildman–Crippen MR) is 129 cm³/mol. The first-order chi connectivity index (χ1) is 16.3. The van der Waals surface area contributed by atoms with Crippen LogP contribution in [0.1, 0.15) is 33.1 Å². The molecule has 0 bridgehead atoms. The Labute approximate surface area is 200 Å². The zero-order valence-corrected chi connectivity index (χ0v) is 20.1. The van der Waals surface area contributed by atoms with Crippen molar-refractivity contribution in [2.45, 2.75) is 23.9 Å². The second-order valence-electron chi connectivity index (χ2n) is 8.63. The molecular formula is C26H28FN3O3S. The molecule has 3 aromatic carbocycles. The van der Waals surface area contributed by atoms with Gasteiger partial charge in [-0.15, -0.1) is 0 Å². The number of nitrogens with one attached hydrogen (secondary N) is 1. The van der Waals surface area contributed by atoms with Gasteiger partial charge in [0.2, 0.25) is 10.0 Å². The second kappa shape index (κ2) is 10.0. The molecule has 1 aliphatic rings. The Morgan fingerprint density at radius 1 is 1.03 bits per heavy atom. The molecule has 0 fully saturated rings. The first-order valence-electron chi connectivity index (χ1n) is 11.1. The normalized spacial score (nSPS) is 15.1. The lowest BCUT2D eigenvalue weighted by Gasteiger charge is -2.28. The van der Waals surface area contributed by atoms with Gasteiger partial charge in [-0.3, -0.25) is 4.79 Å². The quantitative estimate of drug-likeness (QED) is 0.560. The molecule has 1 atom stereocenters. The van der Waals surface area contributed by atoms with Crippen molar-refractivity contribution in [2.24, 2.45) is 0 Å². The highest BCUT2D eigenvalue weighted by Crippen LogP contribution is 2.25. The van der Waals surface area contributed by atoms with Gasteiger partial charge in [-0.05, 0) is 67.5 Å². The number of sulfonamides is 1. The van der Waals surface area contributed by atoms with Crippen LogP contribution in [-0.4, -0.2) is 50.7 Å². The highest BCUT2D eigenvalue weighted by atomic mass is 32.2. The largest absolute Gasteiger partial charge is 0.350 e. The fourth-order valence-electron chi connectivity index (χ4n) is 4.23. The van der Waals surface area contributed by atoms with E-state index in [1.807, 2.05) is 49.3 Å². The third kappa shape index (κ3) is 5.19. The van der Waals surface area contributed by atoms with Crippen LogP contribution in [0.5, 0.6) is 0 Å². The van der Waals surface area contributed by atoms with Crippen molar-refractivity contribution in [1.29, 1.82) is 0 Å². The molecule has 1 unspecified atom stereocenters. The van der Waals surface area contributed by atoms with Crippen molar-refractivity contribution >= 4 is 15.9 Å². The Kier molecular flexibility index (Phi) is 7.11. The maximum Gasteiger partial charge on any atom is 0.251 e. The molecule has 8 heteroatoms. The third-order valence-corrected chi connectivity index (χ3v) is 7.98. The van der Waals surface area contributed by atoms with Crippen molar-refractivity contribution in [2.75, 3.05) is 27.2 Å². The van der Waals surface area contributed by atoms with Crippen LogP contribution in [0.25, 0.3) is 0 Å². The SMILES string of the molecule is CN(C)C(CNC(=O)c1cccc(S(=O)(=O)N2CCc3ccccc3C2)c1)c1cccc(F)c1. The van der Waals surface area contributed by atoms with E-state index >= 15 is 0 Å². The van der Waals surface area contributed by atoms with Gasteiger partial charge in [0.25, 0.3) is 5.91 Å². The van der Waals surface area contributed by atoms with E-state index in [9.17, 15) is 17.6 Å². The fourth-order valence-corrected chi connectivity index (χ4v) is 5.69. The van der Waals surface area contributed by atoms with Crippen LogP contribution in [0.15, 0.2) is 77.7 Å². The average molecular weight is 482 g/mol. The molecule has 6 nitrogen and oxygen atoms in total. The first-order valence-corrected chi connectivity index (χ1v) is 12.6. The molecule has 1 heterocycles. The van der Waals surface area contributed by atoms with Crippen molar-refractivity contribution < 1.29 is 17.6 Å². The lowest BCUT2D eigenvalue weighted by Crippen LogP contribution is -2.36. The molecule has 1 aliphatic heterocycles. The summed E-state index contributed by atoms with van der Waals surface area (Å²) in [5.41, 5.74) is 3.16. The summed E-state index contributed by atoms with van der Waals surface area (Å²) in [6.45, 7) is 0.955. The molecule has 0 aromatic heterocycles. The molecule has 1 amide bonds. The van der Waals surface area contributed by atoms with E-state index in [-0.39, 0.29) is 34.8 Å². The summed E-state index contributed by atoms with van der Waals surface area (Å²) in [4.78, 5) is 14.9. The number of rotatable bonds is 7. The van der Waals surface area contributed by atoms with Gasteiger partial charge in [-0.1, -0.05) is 42.5 Å². The van der Waals surface area contributed by atoms with Gasteiger partial charge in [-0.25, -0.2) is 12.8 Å². The fraction of sp³-hybridized carbons (Fsp3) is 0.269. The summed E-state index contributed by atoms with van der Waals surface area (Å²) in [7, 11) is -0.0441. The van der Waals surface area contributed by atoms with E-state index in [1.165, 1.54) is 28.6 Å². The molecule has 4 rings (SSSR count). The number of likely N-dealkylation sites (N-methyl/N-ethyl adjacent to an activating group) is 1. The Bertz CT molecular complexity index is 1290. The van der Waals surface area contributed by atoms with Gasteiger partial charge >= 0.3 is 0 Å². The van der Waals surface area contributed by atoms with E-state index in [4.69, 9.17) is 0 Å². The van der Waals surface area contributed by atoms with Gasteiger partial charge in [0.05, 0.1) is 10.9 Å². The van der Waals surface area contributed by atoms with Gasteiger partial charge in [0, 0.05) is 25.2 Å². The summed E-state index contributed by atoms with van der Waals surface area (Å²) in [6.07, 6.45) is 0.654. The zero-order valence-electron chi connectivity index (χ0n) is 19.2. The number of nitrogens with zero attached hydrogens (tertiary/aromatic N) is 2. The summed E-state index contributed by atoms with van der Waals surface area (Å²) in [5, 5.41) is 2.86. The Morgan fingerprint density at radius 2 is 1.76 bits per heavy atom. The average Bonchev–Trinajstić information content (AvgIpc) is 2.83. The van der Waals surface area contributed by atoms with Crippen LogP contribution in [0.3, 0.4) is 0 Å². The van der Waals surface area contributed by atoms with Crippen molar-refractivity contribution in [1.82, 2.24) is 14.5 Å². The van der Waals surface area contributed by atoms with Gasteiger partial charge < -0.3 is 10.2 Å². The highest BCUT2D eigenvalue weighted by Gasteiger charge is 2.28. The van der Waals surface area contributed by atoms with E-state index in [0.717, 1.165) is 16.7 Å². The molecule has 0 spiro atoms. The smallest absolute Gasteiger partial charge is 0.251 e. The number of halogens is 1. The number of carbonyl (C=O) groups excluding carboxylic acids is 1. The van der Waals surface area contributed by atoms with Crippen LogP contribution in [0.2, 0.25) is 0 Å². The molecule has 0 saturated carbocycles. The second-order valence-corrected chi connectivity index (χ2v) is 10.6. The van der Waals surface area contributed by atoms with E-state index < -0.39 is 10.0 Å². The third-order valence-electron chi connectivity index (χ3n) is 6.14. The predicted octanol–water partition coefficient (Wildman–Crippen LogP) is 3.61. The molecule has 3 aromatic rings. The summed E-state index contributed by atoms with van der Waals surface area (Å²) < 4.78 is 41.7. The lowest BCUT2D eigenvalue weighted by molar-refractivity contribution is 0.0941. The number of hydrogen-bond acceptors (Lipinski definition) is 4. The zero-order chi connectivity index (χ0) is 24.3. The van der Waals surface area contributed by atoms with Crippen molar-refractivity contribution in [3.63, 3.8) is 0 Å². The number of benzene rings is 3. The molecule has 0 saturated heterocycles. The number of carbonyl (C=O) groups is 1. The topological polar surface area (TPSA) is 69.7 Å². The van der Waals surface area contributed by atoms with Crippen molar-refractivity contribution in [3.8, 4) is 0 Å². The minimum Gasteiger partial charge on any atom is -0.350 e. The van der Waals surface area contributed by atoms with Crippen LogP contribution in [0.4, 0.5) is 4.39 Å². The maximum absolute atomic E-state index is 13.7. The summed E-state index contributed by atoms with van der Waals surface area (Å²) in [5.74, 6) is -0.724. The standard InChI is InChI=1S/C26H28FN3O3S/c1-29(2)25(20-9-5-11-23(27)15-20)17-28-26(31)21-10-6-12-24(16-21)34(32,33)30-14-13-19-7-3-4-8-22(19)18-30/h3-12,15-16,25H,13-14,17-18H2,1-2H3,(H,28,31). The molecule has 0 radical (unpaired) electrons. The highest BCUT2D eigenvalue weighted by molar-refractivity contribution is 7.89. The van der Waals surface area contributed by atoms with Gasteiger partial charge in [0.1, 0.15) is 5.82 Å². The molecular weight excluding hydrogens is 453 g/mol. The van der Waals surface area contributed by atoms with Gasteiger partial charge in [0.15, 0.2) is 0 Å². The van der Waals surface area contributed by atoms with Gasteiger partial charge in [-0.2, -0.15) is 4.31 Å². The van der Waals surface area contributed by atoms with E-state index in [1.54, 1.807) is 18.2 Å². The Hall–Kier alpha value is -3.07. The number of amides is 1. The van der Waals surface area contributed by atoms with Crippen LogP contribution in [0, 0.1) is 5.82 Å². The molecule has 34 heavy (non-hydrogen) atoms. The molecule has 0 aliphatic carbocycles. The van der Waals surface area contributed by atoms with Crippen LogP contribution >= 0.6 is 0 Å². The molecule has 178 valence electrons. The first kappa shape index (κ1) is 24.1. The Morgan fingerprint density at radius 3 is 2.50 bits per heavy atom. The van der Waals surface area contributed by atoms with Crippen molar-refractivity contribution in [3.05, 3.63) is 101 Å². The monoisotopic (exact) mass is 481 g/mol. The van der Waals surface area contributed by atoms with E-state index in [0.29, 0.717) is 19.5 Å². The summed E-state index contributed by atoms with van der Waals surface area (Å²) >= 11 is 0. The summed E-state index contributed by atoms with van der Waals surface area (Å²) in [6, 6.07) is 20.0. The maximum atomic E-state index is 13.7.